The predicted octanol–water partition coefficient (Wildman–Crippen LogP) is 3.11. The van der Waals surface area contributed by atoms with Crippen molar-refractivity contribution in [1.82, 2.24) is 15.1 Å². The summed E-state index contributed by atoms with van der Waals surface area (Å²) in [5, 5.41) is 2.87. The number of nitrogens with zero attached hydrogens (tertiary/aromatic N) is 2. The highest BCUT2D eigenvalue weighted by molar-refractivity contribution is 6.05. The Bertz CT molecular complexity index is 1170. The van der Waals surface area contributed by atoms with E-state index in [4.69, 9.17) is 4.74 Å². The van der Waals surface area contributed by atoms with Crippen LogP contribution in [0.4, 0.5) is 0 Å². The normalized spacial score (nSPS) is 19.2. The van der Waals surface area contributed by atoms with Gasteiger partial charge in [0.1, 0.15) is 11.8 Å². The van der Waals surface area contributed by atoms with Crippen LogP contribution < -0.4 is 10.1 Å². The Kier molecular flexibility index (Phi) is 8.94. The fourth-order valence-corrected chi connectivity index (χ4v) is 5.25. The van der Waals surface area contributed by atoms with Gasteiger partial charge in [-0.15, -0.1) is 0 Å². The summed E-state index contributed by atoms with van der Waals surface area (Å²) in [6, 6.07) is 16.2. The van der Waals surface area contributed by atoms with Gasteiger partial charge >= 0.3 is 0 Å². The number of carbonyl (C=O) groups excluding carboxylic acids is 4. The summed E-state index contributed by atoms with van der Waals surface area (Å²) in [7, 11) is 1.58. The highest BCUT2D eigenvalue weighted by Gasteiger charge is 2.47. The number of likely N-dealkylation sites (tertiary alicyclic amines) is 1. The van der Waals surface area contributed by atoms with Gasteiger partial charge in [0.2, 0.25) is 23.6 Å². The first-order valence-corrected chi connectivity index (χ1v) is 13.2. The minimum absolute atomic E-state index is 0.00552. The first-order valence-electron chi connectivity index (χ1n) is 13.2. The maximum absolute atomic E-state index is 13.8. The zero-order valence-corrected chi connectivity index (χ0v) is 22.0. The summed E-state index contributed by atoms with van der Waals surface area (Å²) in [6.45, 7) is 2.46. The van der Waals surface area contributed by atoms with E-state index in [-0.39, 0.29) is 55.0 Å². The van der Waals surface area contributed by atoms with E-state index in [2.05, 4.69) is 5.32 Å². The summed E-state index contributed by atoms with van der Waals surface area (Å²) in [5.74, 6) is -0.987. The predicted molar refractivity (Wildman–Crippen MR) is 143 cm³/mol. The summed E-state index contributed by atoms with van der Waals surface area (Å²) in [6.07, 6.45) is 5.27. The van der Waals surface area contributed by atoms with Gasteiger partial charge < -0.3 is 15.0 Å². The molecule has 0 aromatic heterocycles. The number of nitrogens with one attached hydrogen (secondary N) is 1. The molecule has 8 heteroatoms. The van der Waals surface area contributed by atoms with Crippen LogP contribution in [0.1, 0.15) is 37.3 Å². The lowest BCUT2D eigenvalue weighted by Crippen LogP contribution is -2.51. The van der Waals surface area contributed by atoms with Crippen LogP contribution in [0.25, 0.3) is 0 Å². The van der Waals surface area contributed by atoms with E-state index in [0.717, 1.165) is 11.1 Å². The zero-order chi connectivity index (χ0) is 27.1. The first-order chi connectivity index (χ1) is 18.4. The van der Waals surface area contributed by atoms with Gasteiger partial charge in [-0.1, -0.05) is 54.6 Å². The first kappa shape index (κ1) is 27.1. The quantitative estimate of drug-likeness (QED) is 0.365. The molecule has 1 aliphatic carbocycles. The number of hydrogen-bond donors (Lipinski definition) is 1. The minimum atomic E-state index is -0.771. The van der Waals surface area contributed by atoms with Gasteiger partial charge in [-0.25, -0.2) is 0 Å². The van der Waals surface area contributed by atoms with Gasteiger partial charge in [0.05, 0.1) is 18.9 Å². The Morgan fingerprint density at radius 3 is 2.29 bits per heavy atom. The number of methoxy groups -OCH3 is 1. The lowest BCUT2D eigenvalue weighted by Gasteiger charge is -2.32. The average molecular weight is 518 g/mol. The molecule has 200 valence electrons. The molecular weight excluding hydrogens is 482 g/mol. The van der Waals surface area contributed by atoms with Crippen molar-refractivity contribution in [3.05, 3.63) is 77.9 Å². The summed E-state index contributed by atoms with van der Waals surface area (Å²) in [5.41, 5.74) is 1.74. The molecule has 0 radical (unpaired) electrons. The van der Waals surface area contributed by atoms with Crippen LogP contribution in [0.3, 0.4) is 0 Å². The lowest BCUT2D eigenvalue weighted by molar-refractivity contribution is -0.144. The van der Waals surface area contributed by atoms with E-state index in [1.54, 1.807) is 12.0 Å². The van der Waals surface area contributed by atoms with Crippen molar-refractivity contribution in [2.75, 3.05) is 20.2 Å². The number of allylic oxidation sites excluding steroid dienone is 2. The maximum atomic E-state index is 13.8. The monoisotopic (exact) mass is 517 g/mol. The number of amides is 4. The molecule has 1 aliphatic heterocycles. The fourth-order valence-electron chi connectivity index (χ4n) is 5.25. The largest absolute Gasteiger partial charge is 0.497 e. The number of likely N-dealkylation sites (N-methyl/N-ethyl adjacent to an activating group) is 1. The third-order valence-electron chi connectivity index (χ3n) is 7.26. The van der Waals surface area contributed by atoms with Crippen molar-refractivity contribution in [2.45, 2.75) is 45.2 Å². The van der Waals surface area contributed by atoms with Crippen molar-refractivity contribution in [2.24, 2.45) is 11.8 Å². The second-order valence-electron chi connectivity index (χ2n) is 9.71. The van der Waals surface area contributed by atoms with Crippen LogP contribution in [-0.4, -0.2) is 59.7 Å². The zero-order valence-electron chi connectivity index (χ0n) is 22.0. The Labute approximate surface area is 223 Å². The molecule has 1 saturated heterocycles. The van der Waals surface area contributed by atoms with E-state index in [1.165, 1.54) is 4.90 Å². The summed E-state index contributed by atoms with van der Waals surface area (Å²) >= 11 is 0. The molecule has 2 aromatic rings. The number of ether oxygens (including phenoxy) is 1. The molecule has 4 amide bonds. The van der Waals surface area contributed by atoms with Crippen LogP contribution in [-0.2, 0) is 32.1 Å². The van der Waals surface area contributed by atoms with E-state index in [0.29, 0.717) is 31.6 Å². The molecule has 38 heavy (non-hydrogen) atoms. The van der Waals surface area contributed by atoms with Gasteiger partial charge in [0.25, 0.3) is 0 Å². The van der Waals surface area contributed by atoms with E-state index < -0.39 is 6.04 Å². The summed E-state index contributed by atoms with van der Waals surface area (Å²) in [4.78, 5) is 55.7. The smallest absolute Gasteiger partial charge is 0.243 e. The third-order valence-corrected chi connectivity index (χ3v) is 7.26. The maximum Gasteiger partial charge on any atom is 0.243 e. The second-order valence-corrected chi connectivity index (χ2v) is 9.71. The minimum Gasteiger partial charge on any atom is -0.497 e. The SMILES string of the molecule is CCNC(=O)C(Cc1ccccc1)N(Cc1cccc(OC)c1)C(=O)CCN1C(=O)[C@H]2CC=CC[C@H]2C1=O. The molecule has 1 fully saturated rings. The Hall–Kier alpha value is -3.94. The molecule has 0 bridgehead atoms. The van der Waals surface area contributed by atoms with E-state index in [1.807, 2.05) is 73.7 Å². The molecule has 1 heterocycles. The Morgan fingerprint density at radius 2 is 1.66 bits per heavy atom. The van der Waals surface area contributed by atoms with Crippen LogP contribution in [0, 0.1) is 11.8 Å². The molecule has 0 spiro atoms. The number of hydrogen-bond acceptors (Lipinski definition) is 5. The van der Waals surface area contributed by atoms with Crippen molar-refractivity contribution in [3.8, 4) is 5.75 Å². The average Bonchev–Trinajstić information content (AvgIpc) is 3.19. The Balaban J connectivity index is 1.58. The number of imide groups is 1. The number of benzene rings is 2. The van der Waals surface area contributed by atoms with Gasteiger partial charge in [-0.2, -0.15) is 0 Å². The topological polar surface area (TPSA) is 96.0 Å². The number of carbonyl (C=O) groups is 4. The molecule has 4 rings (SSSR count). The standard InChI is InChI=1S/C30H35N3O5/c1-3-31-28(35)26(19-21-10-5-4-6-11-21)33(20-22-12-9-13-23(18-22)38-2)27(34)16-17-32-29(36)24-14-7-8-15-25(24)30(32)37/h4-13,18,24-26H,3,14-17,19-20H2,1-2H3,(H,31,35)/t24-,25+,26?. The van der Waals surface area contributed by atoms with E-state index >= 15 is 0 Å². The summed E-state index contributed by atoms with van der Waals surface area (Å²) < 4.78 is 5.35. The third kappa shape index (κ3) is 6.13. The van der Waals surface area contributed by atoms with Gasteiger partial charge in [-0.05, 0) is 43.0 Å². The molecule has 1 unspecified atom stereocenters. The van der Waals surface area contributed by atoms with Crippen molar-refractivity contribution in [1.29, 1.82) is 0 Å². The van der Waals surface area contributed by atoms with Crippen LogP contribution >= 0.6 is 0 Å². The molecule has 2 aliphatic rings. The molecule has 0 saturated carbocycles. The van der Waals surface area contributed by atoms with E-state index in [9.17, 15) is 19.2 Å². The second kappa shape index (κ2) is 12.5. The molecule has 8 nitrogen and oxygen atoms in total. The molecule has 2 aromatic carbocycles. The molecule has 3 atom stereocenters. The Morgan fingerprint density at radius 1 is 1.00 bits per heavy atom. The molecular formula is C30H35N3O5. The van der Waals surface area contributed by atoms with Crippen LogP contribution in [0.15, 0.2) is 66.7 Å². The highest BCUT2D eigenvalue weighted by Crippen LogP contribution is 2.35. The van der Waals surface area contributed by atoms with Crippen LogP contribution in [0.5, 0.6) is 5.75 Å². The highest BCUT2D eigenvalue weighted by atomic mass is 16.5. The van der Waals surface area contributed by atoms with Crippen molar-refractivity contribution >= 4 is 23.6 Å². The molecule has 1 N–H and O–H groups in total. The van der Waals surface area contributed by atoms with Crippen LogP contribution in [0.2, 0.25) is 0 Å². The van der Waals surface area contributed by atoms with Crippen molar-refractivity contribution < 1.29 is 23.9 Å². The number of fused-ring (bicyclic) bond motifs is 1. The number of rotatable bonds is 11. The van der Waals surface area contributed by atoms with Gasteiger partial charge in [-0.3, -0.25) is 24.1 Å². The lowest BCUT2D eigenvalue weighted by atomic mass is 9.85. The van der Waals surface area contributed by atoms with Crippen molar-refractivity contribution in [3.63, 3.8) is 0 Å². The van der Waals surface area contributed by atoms with Gasteiger partial charge in [0.15, 0.2) is 0 Å². The van der Waals surface area contributed by atoms with Gasteiger partial charge in [0, 0.05) is 32.5 Å². The fraction of sp³-hybridized carbons (Fsp3) is 0.400.